The van der Waals surface area contributed by atoms with Crippen molar-refractivity contribution in [2.75, 3.05) is 13.2 Å². The Balaban J connectivity index is 1.30. The van der Waals surface area contributed by atoms with E-state index in [0.29, 0.717) is 31.2 Å². The maximum absolute atomic E-state index is 12.3. The van der Waals surface area contributed by atoms with Gasteiger partial charge in [0.15, 0.2) is 0 Å². The number of rotatable bonds is 7. The SMILES string of the molecule is CC#CC(=O)N1C[C@@H]2C[C@@H]2[C@@H]1COC(=O)N[C@@H](CCc1coc2ccccc12)B(O)O. The third-order valence-corrected chi connectivity index (χ3v) is 6.13. The highest BCUT2D eigenvalue weighted by molar-refractivity contribution is 6.43. The van der Waals surface area contributed by atoms with E-state index in [1.807, 2.05) is 24.3 Å². The average molecular weight is 424 g/mol. The smallest absolute Gasteiger partial charge is 0.464 e. The van der Waals surface area contributed by atoms with E-state index in [1.54, 1.807) is 18.1 Å². The molecule has 2 fully saturated rings. The van der Waals surface area contributed by atoms with Crippen molar-refractivity contribution >= 4 is 30.1 Å². The molecule has 4 atom stereocenters. The molecule has 0 spiro atoms. The van der Waals surface area contributed by atoms with Crippen molar-refractivity contribution < 1.29 is 28.8 Å². The second-order valence-corrected chi connectivity index (χ2v) is 8.12. The summed E-state index contributed by atoms with van der Waals surface area (Å²) in [6.45, 7) is 2.32. The fourth-order valence-corrected chi connectivity index (χ4v) is 4.38. The van der Waals surface area contributed by atoms with Gasteiger partial charge in [-0.3, -0.25) is 4.79 Å². The maximum Gasteiger partial charge on any atom is 0.475 e. The van der Waals surface area contributed by atoms with E-state index in [1.165, 1.54) is 0 Å². The summed E-state index contributed by atoms with van der Waals surface area (Å²) in [5.41, 5.74) is 1.68. The number of aryl methyl sites for hydroxylation is 1. The summed E-state index contributed by atoms with van der Waals surface area (Å²) in [4.78, 5) is 26.1. The number of ether oxygens (including phenoxy) is 1. The topological polar surface area (TPSA) is 112 Å². The number of likely N-dealkylation sites (tertiary alicyclic amines) is 1. The van der Waals surface area contributed by atoms with Gasteiger partial charge in [-0.05, 0) is 55.6 Å². The van der Waals surface area contributed by atoms with Gasteiger partial charge >= 0.3 is 13.2 Å². The number of piperidine rings is 1. The number of carbonyl (C=O) groups is 2. The largest absolute Gasteiger partial charge is 0.475 e. The predicted molar refractivity (Wildman–Crippen MR) is 114 cm³/mol. The quantitative estimate of drug-likeness (QED) is 0.457. The summed E-state index contributed by atoms with van der Waals surface area (Å²) in [5, 5.41) is 22.9. The Hall–Kier alpha value is -2.96. The molecule has 2 amide bonds. The molecule has 0 bridgehead atoms. The van der Waals surface area contributed by atoms with Crippen molar-refractivity contribution in [3.05, 3.63) is 36.1 Å². The molecule has 1 aliphatic heterocycles. The molecule has 9 heteroatoms. The molecule has 1 aromatic heterocycles. The molecule has 1 aromatic carbocycles. The first-order chi connectivity index (χ1) is 15.0. The van der Waals surface area contributed by atoms with Gasteiger partial charge in [-0.2, -0.15) is 0 Å². The van der Waals surface area contributed by atoms with Gasteiger partial charge in [0.05, 0.1) is 18.2 Å². The number of benzene rings is 1. The molecular formula is C22H25BN2O6. The minimum absolute atomic E-state index is 0.0603. The Bertz CT molecular complexity index is 1030. The molecule has 3 N–H and O–H groups in total. The van der Waals surface area contributed by atoms with Crippen LogP contribution >= 0.6 is 0 Å². The van der Waals surface area contributed by atoms with Gasteiger partial charge in [0.1, 0.15) is 12.2 Å². The molecule has 0 radical (unpaired) electrons. The monoisotopic (exact) mass is 424 g/mol. The molecule has 0 unspecified atom stereocenters. The summed E-state index contributed by atoms with van der Waals surface area (Å²) in [7, 11) is -1.73. The molecular weight excluding hydrogens is 399 g/mol. The first kappa shape index (κ1) is 21.3. The van der Waals surface area contributed by atoms with Gasteiger partial charge in [0.25, 0.3) is 5.91 Å². The molecule has 8 nitrogen and oxygen atoms in total. The zero-order chi connectivity index (χ0) is 22.0. The number of alkyl carbamates (subject to hydrolysis) is 1. The Morgan fingerprint density at radius 2 is 2.19 bits per heavy atom. The third kappa shape index (κ3) is 4.71. The van der Waals surface area contributed by atoms with E-state index in [0.717, 1.165) is 23.0 Å². The number of hydrogen-bond acceptors (Lipinski definition) is 6. The number of para-hydroxylation sites is 1. The van der Waals surface area contributed by atoms with Gasteiger partial charge in [-0.1, -0.05) is 24.1 Å². The molecule has 2 aliphatic rings. The minimum Gasteiger partial charge on any atom is -0.464 e. The first-order valence-electron chi connectivity index (χ1n) is 10.5. The van der Waals surface area contributed by atoms with Crippen LogP contribution in [0.4, 0.5) is 4.79 Å². The Kier molecular flexibility index (Phi) is 6.21. The van der Waals surface area contributed by atoms with Gasteiger partial charge in [0, 0.05) is 11.9 Å². The lowest BCUT2D eigenvalue weighted by molar-refractivity contribution is -0.127. The predicted octanol–water partition coefficient (Wildman–Crippen LogP) is 1.34. The van der Waals surface area contributed by atoms with Crippen molar-refractivity contribution in [1.29, 1.82) is 0 Å². The number of nitrogens with zero attached hydrogens (tertiary/aromatic N) is 1. The molecule has 2 heterocycles. The van der Waals surface area contributed by atoms with Crippen LogP contribution in [-0.2, 0) is 16.0 Å². The lowest BCUT2D eigenvalue weighted by atomic mass is 9.76. The second kappa shape index (κ2) is 9.04. The van der Waals surface area contributed by atoms with Crippen molar-refractivity contribution in [3.8, 4) is 11.8 Å². The molecule has 1 saturated carbocycles. The van der Waals surface area contributed by atoms with Gasteiger partial charge in [-0.25, -0.2) is 4.79 Å². The van der Waals surface area contributed by atoms with E-state index in [2.05, 4.69) is 17.2 Å². The number of furan rings is 1. The maximum atomic E-state index is 12.3. The fourth-order valence-electron chi connectivity index (χ4n) is 4.38. The van der Waals surface area contributed by atoms with E-state index in [-0.39, 0.29) is 18.6 Å². The molecule has 1 aliphatic carbocycles. The van der Waals surface area contributed by atoms with Crippen molar-refractivity contribution in [3.63, 3.8) is 0 Å². The van der Waals surface area contributed by atoms with E-state index >= 15 is 0 Å². The normalized spacial score (nSPS) is 22.3. The molecule has 162 valence electrons. The van der Waals surface area contributed by atoms with E-state index in [9.17, 15) is 19.6 Å². The Morgan fingerprint density at radius 3 is 2.97 bits per heavy atom. The summed E-state index contributed by atoms with van der Waals surface area (Å²) < 4.78 is 10.8. The third-order valence-electron chi connectivity index (χ3n) is 6.13. The van der Waals surface area contributed by atoms with Crippen LogP contribution in [0.5, 0.6) is 0 Å². The van der Waals surface area contributed by atoms with Gasteiger partial charge in [0.2, 0.25) is 0 Å². The number of fused-ring (bicyclic) bond motifs is 2. The Labute approximate surface area is 180 Å². The molecule has 2 aromatic rings. The van der Waals surface area contributed by atoms with Crippen LogP contribution in [0.25, 0.3) is 11.0 Å². The highest BCUT2D eigenvalue weighted by Crippen LogP contribution is 2.49. The number of carbonyl (C=O) groups excluding carboxylic acids is 2. The first-order valence-corrected chi connectivity index (χ1v) is 10.5. The van der Waals surface area contributed by atoms with Crippen LogP contribution in [0.15, 0.2) is 34.9 Å². The highest BCUT2D eigenvalue weighted by Gasteiger charge is 2.54. The zero-order valence-electron chi connectivity index (χ0n) is 17.3. The fraction of sp³-hybridized carbons (Fsp3) is 0.455. The van der Waals surface area contributed by atoms with E-state index < -0.39 is 19.2 Å². The standard InChI is InChI=1S/C22H25BN2O6/c1-2-5-21(26)25-11-15-10-17(15)18(25)13-31-22(27)24-20(23(28)29)9-8-14-12-30-19-7-4-3-6-16(14)19/h3-4,6-7,12,15,17-18,20,28-29H,8-11,13H2,1H3,(H,24,27)/t15-,17-,18-,20-/m0/s1. The number of amides is 2. The van der Waals surface area contributed by atoms with Crippen LogP contribution in [-0.4, -0.2) is 59.2 Å². The summed E-state index contributed by atoms with van der Waals surface area (Å²) in [6, 6.07) is 7.40. The lowest BCUT2D eigenvalue weighted by Crippen LogP contribution is -2.48. The van der Waals surface area contributed by atoms with Crippen LogP contribution in [0, 0.1) is 23.7 Å². The van der Waals surface area contributed by atoms with Crippen molar-refractivity contribution in [2.24, 2.45) is 11.8 Å². The van der Waals surface area contributed by atoms with Crippen LogP contribution < -0.4 is 5.32 Å². The van der Waals surface area contributed by atoms with Gasteiger partial charge in [-0.15, -0.1) is 0 Å². The highest BCUT2D eigenvalue weighted by atomic mass is 16.5. The molecule has 1 saturated heterocycles. The average Bonchev–Trinajstić information content (AvgIpc) is 3.25. The second-order valence-electron chi connectivity index (χ2n) is 8.12. The summed E-state index contributed by atoms with van der Waals surface area (Å²) >= 11 is 0. The summed E-state index contributed by atoms with van der Waals surface area (Å²) in [5.74, 6) is 4.79. The van der Waals surface area contributed by atoms with Crippen LogP contribution in [0.2, 0.25) is 0 Å². The number of hydrogen-bond donors (Lipinski definition) is 3. The van der Waals surface area contributed by atoms with Crippen molar-refractivity contribution in [1.82, 2.24) is 10.2 Å². The minimum atomic E-state index is -1.73. The molecule has 31 heavy (non-hydrogen) atoms. The Morgan fingerprint density at radius 1 is 1.39 bits per heavy atom. The van der Waals surface area contributed by atoms with Gasteiger partial charge < -0.3 is 29.4 Å². The number of nitrogens with one attached hydrogen (secondary N) is 1. The summed E-state index contributed by atoms with van der Waals surface area (Å²) in [6.07, 6.45) is 2.70. The molecule has 4 rings (SSSR count). The zero-order valence-corrected chi connectivity index (χ0v) is 17.3. The van der Waals surface area contributed by atoms with E-state index in [4.69, 9.17) is 9.15 Å². The van der Waals surface area contributed by atoms with Crippen LogP contribution in [0.3, 0.4) is 0 Å². The lowest BCUT2D eigenvalue weighted by Gasteiger charge is -2.25. The van der Waals surface area contributed by atoms with Crippen LogP contribution in [0.1, 0.15) is 25.3 Å². The van der Waals surface area contributed by atoms with Crippen molar-refractivity contribution in [2.45, 2.75) is 38.2 Å².